The number of hydrogen-bond acceptors (Lipinski definition) is 1. The highest BCUT2D eigenvalue weighted by atomic mass is 80.0. The van der Waals surface area contributed by atoms with E-state index in [-0.39, 0.29) is 5.91 Å². The van der Waals surface area contributed by atoms with Gasteiger partial charge in [-0.15, -0.1) is 0 Å². The molecule has 4 bridgehead atoms. The molecule has 0 aromatic rings. The molecule has 2 nitrogen and oxygen atoms in total. The van der Waals surface area contributed by atoms with Gasteiger partial charge in [0, 0.05) is 12.1 Å². The fourth-order valence-electron chi connectivity index (χ4n) is 4.01. The van der Waals surface area contributed by atoms with E-state index in [1.165, 1.54) is 32.1 Å². The Labute approximate surface area is 121 Å². The van der Waals surface area contributed by atoms with E-state index in [0.717, 1.165) is 11.8 Å². The number of halogens is 3. The Morgan fingerprint density at radius 2 is 1.38 bits per heavy atom. The molecule has 2 aliphatic carbocycles. The molecule has 4 rings (SSSR count). The zero-order valence-corrected chi connectivity index (χ0v) is 13.6. The van der Waals surface area contributed by atoms with Gasteiger partial charge in [-0.2, -0.15) is 0 Å². The Balaban J connectivity index is 1.84. The molecule has 0 aromatic carbocycles. The maximum atomic E-state index is 12.3. The zero-order valence-electron chi connectivity index (χ0n) is 8.83. The molecule has 2 saturated carbocycles. The third-order valence-corrected chi connectivity index (χ3v) is 5.37. The van der Waals surface area contributed by atoms with E-state index in [9.17, 15) is 4.79 Å². The minimum atomic E-state index is -0.762. The van der Waals surface area contributed by atoms with Crippen molar-refractivity contribution in [3.05, 3.63) is 0 Å². The average Bonchev–Trinajstić information content (AvgIpc) is 2.13. The molecular formula is C11H14Br3NO. The van der Waals surface area contributed by atoms with Crippen LogP contribution in [-0.4, -0.2) is 25.0 Å². The van der Waals surface area contributed by atoms with E-state index in [2.05, 4.69) is 52.7 Å². The SMILES string of the molecule is O=C(N1C2CC3CC(C2)CC1C3)C(Br)(Br)Br. The quantitative estimate of drug-likeness (QED) is 0.553. The number of piperidine rings is 2. The van der Waals surface area contributed by atoms with Crippen LogP contribution >= 0.6 is 47.8 Å². The van der Waals surface area contributed by atoms with E-state index >= 15 is 0 Å². The lowest BCUT2D eigenvalue weighted by Gasteiger charge is -2.57. The van der Waals surface area contributed by atoms with Crippen LogP contribution in [0.5, 0.6) is 0 Å². The van der Waals surface area contributed by atoms with Gasteiger partial charge in [0.15, 0.2) is 0 Å². The summed E-state index contributed by atoms with van der Waals surface area (Å²) in [4.78, 5) is 14.5. The number of carbonyl (C=O) groups is 1. The molecule has 2 saturated heterocycles. The van der Waals surface area contributed by atoms with Gasteiger partial charge in [0.2, 0.25) is 2.14 Å². The number of hydrogen-bond donors (Lipinski definition) is 0. The van der Waals surface area contributed by atoms with Crippen molar-refractivity contribution in [1.29, 1.82) is 0 Å². The molecule has 0 atom stereocenters. The van der Waals surface area contributed by atoms with Crippen LogP contribution in [0.4, 0.5) is 0 Å². The van der Waals surface area contributed by atoms with Gasteiger partial charge in [0.05, 0.1) is 0 Å². The first-order chi connectivity index (χ1) is 7.45. The van der Waals surface area contributed by atoms with Crippen molar-refractivity contribution in [2.75, 3.05) is 0 Å². The second-order valence-electron chi connectivity index (χ2n) is 5.43. The van der Waals surface area contributed by atoms with E-state index in [1.54, 1.807) is 0 Å². The molecule has 2 aliphatic heterocycles. The van der Waals surface area contributed by atoms with Crippen LogP contribution in [-0.2, 0) is 4.79 Å². The standard InChI is InChI=1S/C11H14Br3NO/c12-11(13,14)10(16)15-8-2-6-1-7(4-8)5-9(15)3-6/h6-9H,1-5H2. The van der Waals surface area contributed by atoms with Gasteiger partial charge in [-0.25, -0.2) is 0 Å². The predicted octanol–water partition coefficient (Wildman–Crippen LogP) is 3.61. The van der Waals surface area contributed by atoms with Crippen LogP contribution in [0.25, 0.3) is 0 Å². The Morgan fingerprint density at radius 1 is 0.938 bits per heavy atom. The summed E-state index contributed by atoms with van der Waals surface area (Å²) in [5, 5.41) is 0. The van der Waals surface area contributed by atoms with Gasteiger partial charge in [0.1, 0.15) is 0 Å². The van der Waals surface area contributed by atoms with Crippen molar-refractivity contribution < 1.29 is 4.79 Å². The van der Waals surface area contributed by atoms with Crippen molar-refractivity contribution in [3.63, 3.8) is 0 Å². The van der Waals surface area contributed by atoms with Crippen LogP contribution in [0, 0.1) is 11.8 Å². The minimum absolute atomic E-state index is 0.140. The number of rotatable bonds is 0. The molecule has 0 spiro atoms. The topological polar surface area (TPSA) is 20.3 Å². The third-order valence-electron chi connectivity index (χ3n) is 4.35. The van der Waals surface area contributed by atoms with Crippen LogP contribution < -0.4 is 0 Å². The molecule has 90 valence electrons. The van der Waals surface area contributed by atoms with Crippen molar-refractivity contribution in [2.45, 2.75) is 46.3 Å². The molecule has 0 N–H and O–H groups in total. The summed E-state index contributed by atoms with van der Waals surface area (Å²) in [6.45, 7) is 0. The molecule has 4 fully saturated rings. The molecule has 16 heavy (non-hydrogen) atoms. The lowest BCUT2D eigenvalue weighted by molar-refractivity contribution is -0.147. The lowest BCUT2D eigenvalue weighted by atomic mass is 9.63. The predicted molar refractivity (Wildman–Crippen MR) is 74.0 cm³/mol. The lowest BCUT2D eigenvalue weighted by Crippen LogP contribution is -2.61. The maximum Gasteiger partial charge on any atom is 0.261 e. The van der Waals surface area contributed by atoms with Crippen molar-refractivity contribution >= 4 is 53.7 Å². The Morgan fingerprint density at radius 3 is 1.75 bits per heavy atom. The average molecular weight is 416 g/mol. The summed E-state index contributed by atoms with van der Waals surface area (Å²) in [5.41, 5.74) is 0. The molecular weight excluding hydrogens is 402 g/mol. The van der Waals surface area contributed by atoms with Gasteiger partial charge in [0.25, 0.3) is 5.91 Å². The largest absolute Gasteiger partial charge is 0.334 e. The summed E-state index contributed by atoms with van der Waals surface area (Å²) >= 11 is 10.1. The Kier molecular flexibility index (Phi) is 2.96. The van der Waals surface area contributed by atoms with Crippen LogP contribution in [0.1, 0.15) is 32.1 Å². The highest BCUT2D eigenvalue weighted by Crippen LogP contribution is 2.51. The molecule has 5 heteroatoms. The summed E-state index contributed by atoms with van der Waals surface area (Å²) in [6.07, 6.45) is 6.31. The number of amides is 1. The van der Waals surface area contributed by atoms with Crippen LogP contribution in [0.2, 0.25) is 0 Å². The van der Waals surface area contributed by atoms with Gasteiger partial charge >= 0.3 is 0 Å². The molecule has 0 radical (unpaired) electrons. The first kappa shape index (κ1) is 12.0. The minimum Gasteiger partial charge on any atom is -0.334 e. The summed E-state index contributed by atoms with van der Waals surface area (Å²) in [6, 6.07) is 0.992. The fraction of sp³-hybridized carbons (Fsp3) is 0.909. The second-order valence-corrected chi connectivity index (χ2v) is 12.2. The van der Waals surface area contributed by atoms with Crippen molar-refractivity contribution in [3.8, 4) is 0 Å². The normalized spacial score (nSPS) is 41.6. The molecule has 1 amide bonds. The number of nitrogens with zero attached hydrogens (tertiary/aromatic N) is 1. The molecule has 4 aliphatic rings. The van der Waals surface area contributed by atoms with E-state index in [1.807, 2.05) is 0 Å². The maximum absolute atomic E-state index is 12.3. The molecule has 0 unspecified atom stereocenters. The zero-order chi connectivity index (χ0) is 11.5. The Bertz CT molecular complexity index is 298. The fourth-order valence-corrected chi connectivity index (χ4v) is 4.62. The van der Waals surface area contributed by atoms with Crippen LogP contribution in [0.15, 0.2) is 0 Å². The number of alkyl halides is 3. The van der Waals surface area contributed by atoms with E-state index in [4.69, 9.17) is 0 Å². The van der Waals surface area contributed by atoms with Gasteiger partial charge in [-0.1, -0.05) is 0 Å². The molecule has 0 aromatic heterocycles. The van der Waals surface area contributed by atoms with Crippen molar-refractivity contribution in [1.82, 2.24) is 4.90 Å². The van der Waals surface area contributed by atoms with Gasteiger partial charge < -0.3 is 4.90 Å². The summed E-state index contributed by atoms with van der Waals surface area (Å²) < 4.78 is -0.762. The summed E-state index contributed by atoms with van der Waals surface area (Å²) in [5.74, 6) is 1.92. The van der Waals surface area contributed by atoms with Crippen molar-refractivity contribution in [2.24, 2.45) is 11.8 Å². The van der Waals surface area contributed by atoms with Gasteiger partial charge in [-0.05, 0) is 91.7 Å². The van der Waals surface area contributed by atoms with Gasteiger partial charge in [-0.3, -0.25) is 4.79 Å². The Hall–Kier alpha value is 0.910. The second kappa shape index (κ2) is 3.95. The smallest absolute Gasteiger partial charge is 0.261 e. The van der Waals surface area contributed by atoms with Crippen LogP contribution in [0.3, 0.4) is 0 Å². The first-order valence-corrected chi connectivity index (χ1v) is 8.22. The third kappa shape index (κ3) is 1.91. The highest BCUT2D eigenvalue weighted by Gasteiger charge is 2.51. The monoisotopic (exact) mass is 413 g/mol. The summed E-state index contributed by atoms with van der Waals surface area (Å²) in [7, 11) is 0. The highest BCUT2D eigenvalue weighted by molar-refractivity contribution is 9.40. The first-order valence-electron chi connectivity index (χ1n) is 5.84. The van der Waals surface area contributed by atoms with E-state index < -0.39 is 2.14 Å². The van der Waals surface area contributed by atoms with E-state index in [0.29, 0.717) is 12.1 Å². The number of carbonyl (C=O) groups excluding carboxylic acids is 1. The molecule has 2 heterocycles.